The van der Waals surface area contributed by atoms with Gasteiger partial charge in [0.2, 0.25) is 5.13 Å². The van der Waals surface area contributed by atoms with E-state index in [1.54, 1.807) is 35.2 Å². The molecule has 4 aromatic rings. The summed E-state index contributed by atoms with van der Waals surface area (Å²) in [5.41, 5.74) is 0.871. The van der Waals surface area contributed by atoms with Crippen molar-refractivity contribution in [3.8, 4) is 10.7 Å². The van der Waals surface area contributed by atoms with E-state index >= 15 is 0 Å². The normalized spacial score (nSPS) is 14.9. The molecule has 9 heteroatoms. The molecule has 1 saturated heterocycles. The molecule has 0 N–H and O–H groups in total. The molecule has 0 amide bonds. The van der Waals surface area contributed by atoms with Crippen LogP contribution in [0, 0.1) is 0 Å². The van der Waals surface area contributed by atoms with E-state index in [1.807, 2.05) is 18.2 Å². The second-order valence-electron chi connectivity index (χ2n) is 5.92. The number of rotatable bonds is 3. The van der Waals surface area contributed by atoms with Crippen LogP contribution in [0.2, 0.25) is 0 Å². The topological polar surface area (TPSA) is 70.9 Å². The van der Waals surface area contributed by atoms with Gasteiger partial charge in [-0.1, -0.05) is 17.4 Å². The van der Waals surface area contributed by atoms with E-state index in [1.165, 1.54) is 0 Å². The summed E-state index contributed by atoms with van der Waals surface area (Å²) < 4.78 is 0. The maximum absolute atomic E-state index is 4.51. The number of nitrogens with zero attached hydrogens (tertiary/aromatic N) is 7. The first-order valence-electron chi connectivity index (χ1n) is 8.31. The maximum Gasteiger partial charge on any atom is 0.208 e. The molecule has 4 aromatic heterocycles. The summed E-state index contributed by atoms with van der Waals surface area (Å²) >= 11 is 3.25. The van der Waals surface area contributed by atoms with E-state index < -0.39 is 0 Å². The zero-order valence-corrected chi connectivity index (χ0v) is 15.4. The summed E-state index contributed by atoms with van der Waals surface area (Å²) in [6.45, 7) is 3.60. The van der Waals surface area contributed by atoms with Crippen molar-refractivity contribution in [3.63, 3.8) is 0 Å². The van der Waals surface area contributed by atoms with Crippen molar-refractivity contribution < 1.29 is 0 Å². The third-order valence-corrected chi connectivity index (χ3v) is 6.22. The van der Waals surface area contributed by atoms with Crippen LogP contribution >= 0.6 is 22.7 Å². The fraction of sp³-hybridized carbons (Fsp3) is 0.235. The summed E-state index contributed by atoms with van der Waals surface area (Å²) in [5, 5.41) is 13.7. The van der Waals surface area contributed by atoms with Gasteiger partial charge in [0.15, 0.2) is 5.01 Å². The maximum atomic E-state index is 4.51. The van der Waals surface area contributed by atoms with Gasteiger partial charge in [0.25, 0.3) is 0 Å². The van der Waals surface area contributed by atoms with Crippen LogP contribution in [0.5, 0.6) is 0 Å². The minimum Gasteiger partial charge on any atom is -0.352 e. The minimum absolute atomic E-state index is 0.860. The van der Waals surface area contributed by atoms with Gasteiger partial charge in [-0.05, 0) is 23.6 Å². The molecule has 130 valence electrons. The molecule has 7 nitrogen and oxygen atoms in total. The summed E-state index contributed by atoms with van der Waals surface area (Å²) in [5.74, 6) is 1.03. The Balaban J connectivity index is 1.32. The molecule has 5 rings (SSSR count). The molecule has 0 saturated carbocycles. The SMILES string of the molecule is c1ccc(-c2nnc(N3CCN(c4ncnc5sccc45)CC3)s2)nc1. The Morgan fingerprint density at radius 2 is 1.77 bits per heavy atom. The molecular weight excluding hydrogens is 366 g/mol. The quantitative estimate of drug-likeness (QED) is 0.540. The lowest BCUT2D eigenvalue weighted by atomic mass is 10.3. The van der Waals surface area contributed by atoms with Crippen LogP contribution in [-0.2, 0) is 0 Å². The predicted molar refractivity (Wildman–Crippen MR) is 105 cm³/mol. The first-order chi connectivity index (χ1) is 12.9. The summed E-state index contributed by atoms with van der Waals surface area (Å²) in [7, 11) is 0. The lowest BCUT2D eigenvalue weighted by Gasteiger charge is -2.35. The first kappa shape index (κ1) is 15.6. The predicted octanol–water partition coefficient (Wildman–Crippen LogP) is 2.93. The average Bonchev–Trinajstić information content (AvgIpc) is 3.38. The molecule has 0 unspecified atom stereocenters. The summed E-state index contributed by atoms with van der Waals surface area (Å²) in [6, 6.07) is 7.94. The number of aromatic nitrogens is 5. The number of hydrogen-bond acceptors (Lipinski definition) is 9. The molecule has 0 aliphatic carbocycles. The number of pyridine rings is 1. The van der Waals surface area contributed by atoms with Gasteiger partial charge in [-0.25, -0.2) is 9.97 Å². The van der Waals surface area contributed by atoms with Crippen LogP contribution in [0.3, 0.4) is 0 Å². The molecule has 1 fully saturated rings. The molecule has 0 bridgehead atoms. The van der Waals surface area contributed by atoms with Crippen molar-refractivity contribution in [1.82, 2.24) is 25.1 Å². The van der Waals surface area contributed by atoms with Gasteiger partial charge < -0.3 is 9.80 Å². The number of thiophene rings is 1. The molecule has 1 aliphatic heterocycles. The van der Waals surface area contributed by atoms with Gasteiger partial charge in [0.1, 0.15) is 22.7 Å². The van der Waals surface area contributed by atoms with E-state index in [9.17, 15) is 0 Å². The van der Waals surface area contributed by atoms with Crippen molar-refractivity contribution in [2.75, 3.05) is 36.0 Å². The molecule has 0 atom stereocenters. The van der Waals surface area contributed by atoms with Crippen LogP contribution in [-0.4, -0.2) is 51.3 Å². The van der Waals surface area contributed by atoms with Gasteiger partial charge in [-0.15, -0.1) is 21.5 Å². The van der Waals surface area contributed by atoms with E-state index in [2.05, 4.69) is 46.4 Å². The monoisotopic (exact) mass is 381 g/mol. The largest absolute Gasteiger partial charge is 0.352 e. The number of fused-ring (bicyclic) bond motifs is 1. The Hall–Kier alpha value is -2.65. The van der Waals surface area contributed by atoms with E-state index in [0.717, 1.165) is 58.0 Å². The number of anilines is 2. The van der Waals surface area contributed by atoms with Crippen LogP contribution in [0.25, 0.3) is 20.9 Å². The third-order valence-electron chi connectivity index (χ3n) is 4.39. The Labute approximate surface area is 158 Å². The molecule has 0 spiro atoms. The average molecular weight is 381 g/mol. The van der Waals surface area contributed by atoms with Gasteiger partial charge in [-0.2, -0.15) is 0 Å². The van der Waals surface area contributed by atoms with Crippen molar-refractivity contribution >= 4 is 43.8 Å². The molecule has 5 heterocycles. The summed E-state index contributed by atoms with van der Waals surface area (Å²) in [4.78, 5) is 18.9. The minimum atomic E-state index is 0.860. The highest BCUT2D eigenvalue weighted by molar-refractivity contribution is 7.18. The van der Waals surface area contributed by atoms with Crippen LogP contribution in [0.15, 0.2) is 42.2 Å². The second-order valence-corrected chi connectivity index (χ2v) is 7.77. The fourth-order valence-electron chi connectivity index (χ4n) is 3.07. The van der Waals surface area contributed by atoms with Crippen molar-refractivity contribution in [2.45, 2.75) is 0 Å². The fourth-order valence-corrected chi connectivity index (χ4v) is 4.68. The molecule has 26 heavy (non-hydrogen) atoms. The van der Waals surface area contributed by atoms with Gasteiger partial charge >= 0.3 is 0 Å². The van der Waals surface area contributed by atoms with Crippen LogP contribution < -0.4 is 9.80 Å². The van der Waals surface area contributed by atoms with E-state index in [0.29, 0.717) is 0 Å². The lowest BCUT2D eigenvalue weighted by molar-refractivity contribution is 0.645. The second kappa shape index (κ2) is 6.58. The zero-order chi connectivity index (χ0) is 17.3. The van der Waals surface area contributed by atoms with Gasteiger partial charge in [-0.3, -0.25) is 4.98 Å². The van der Waals surface area contributed by atoms with Gasteiger partial charge in [0, 0.05) is 32.4 Å². The lowest BCUT2D eigenvalue weighted by Crippen LogP contribution is -2.46. The molecular formula is C17H15N7S2. The highest BCUT2D eigenvalue weighted by Gasteiger charge is 2.23. The Morgan fingerprint density at radius 1 is 0.885 bits per heavy atom. The zero-order valence-electron chi connectivity index (χ0n) is 13.8. The number of hydrogen-bond donors (Lipinski definition) is 0. The smallest absolute Gasteiger partial charge is 0.208 e. The van der Waals surface area contributed by atoms with E-state index in [4.69, 9.17) is 0 Å². The molecule has 0 aromatic carbocycles. The Morgan fingerprint density at radius 3 is 2.62 bits per heavy atom. The third kappa shape index (κ3) is 2.78. The Kier molecular flexibility index (Phi) is 3.95. The van der Waals surface area contributed by atoms with Crippen molar-refractivity contribution in [3.05, 3.63) is 42.2 Å². The van der Waals surface area contributed by atoms with Crippen molar-refractivity contribution in [1.29, 1.82) is 0 Å². The van der Waals surface area contributed by atoms with Gasteiger partial charge in [0.05, 0.1) is 5.39 Å². The first-order valence-corrected chi connectivity index (χ1v) is 10.0. The molecule has 1 aliphatic rings. The molecule has 0 radical (unpaired) electrons. The standard InChI is InChI=1S/C17H15N7S2/c1-2-5-18-13(3-1)16-21-22-17(26-16)24-8-6-23(7-9-24)14-12-4-10-25-15(12)20-11-19-14/h1-5,10-11H,6-9H2. The highest BCUT2D eigenvalue weighted by atomic mass is 32.1. The van der Waals surface area contributed by atoms with Crippen molar-refractivity contribution in [2.24, 2.45) is 0 Å². The summed E-state index contributed by atoms with van der Waals surface area (Å²) in [6.07, 6.45) is 3.44. The highest BCUT2D eigenvalue weighted by Crippen LogP contribution is 2.30. The van der Waals surface area contributed by atoms with Crippen LogP contribution in [0.4, 0.5) is 10.9 Å². The number of piperazine rings is 1. The van der Waals surface area contributed by atoms with E-state index in [-0.39, 0.29) is 0 Å². The van der Waals surface area contributed by atoms with Crippen LogP contribution in [0.1, 0.15) is 0 Å². The Bertz CT molecular complexity index is 1020.